The van der Waals surface area contributed by atoms with E-state index < -0.39 is 0 Å². The van der Waals surface area contributed by atoms with E-state index in [1.807, 2.05) is 49.3 Å². The third kappa shape index (κ3) is 2.13. The predicted molar refractivity (Wildman–Crippen MR) is 53.9 cm³/mol. The van der Waals surface area contributed by atoms with Crippen LogP contribution >= 0.6 is 0 Å². The number of hydrogen-bond donors (Lipinski definition) is 1. The summed E-state index contributed by atoms with van der Waals surface area (Å²) in [5.74, 6) is 0.676. The molecule has 0 aliphatic rings. The van der Waals surface area contributed by atoms with Crippen molar-refractivity contribution in [3.8, 4) is 0 Å². The Labute approximate surface area is 84.5 Å². The number of nitrogens with zero attached hydrogens (tertiary/aromatic N) is 2. The lowest BCUT2D eigenvalue weighted by molar-refractivity contribution is -0.673. The highest BCUT2D eigenvalue weighted by atomic mass is 16.2. The Kier molecular flexibility index (Phi) is 3.28. The van der Waals surface area contributed by atoms with Gasteiger partial charge >= 0.3 is 11.7 Å². The molecule has 0 radical (unpaired) electrons. The van der Waals surface area contributed by atoms with Crippen LogP contribution in [0.4, 0.5) is 0 Å². The summed E-state index contributed by atoms with van der Waals surface area (Å²) < 4.78 is 3.76. The normalized spacial score (nSPS) is 10.6. The van der Waals surface area contributed by atoms with E-state index in [2.05, 4.69) is 5.32 Å². The van der Waals surface area contributed by atoms with E-state index in [0.717, 1.165) is 6.54 Å². The molecule has 0 unspecified atom stereocenters. The topological polar surface area (TPSA) is 37.9 Å². The van der Waals surface area contributed by atoms with Gasteiger partial charge in [0.2, 0.25) is 0 Å². The minimum atomic E-state index is -0.0191. The molecule has 0 aliphatic carbocycles. The van der Waals surface area contributed by atoms with Crippen molar-refractivity contribution < 1.29 is 9.36 Å². The van der Waals surface area contributed by atoms with E-state index in [1.165, 1.54) is 0 Å². The van der Waals surface area contributed by atoms with Crippen LogP contribution in [0.3, 0.4) is 0 Å². The number of hydrogen-bond acceptors (Lipinski definition) is 1. The fraction of sp³-hybridized carbons (Fsp3) is 0.600. The third-order valence-corrected chi connectivity index (χ3v) is 2.04. The van der Waals surface area contributed by atoms with Gasteiger partial charge in [0.25, 0.3) is 0 Å². The van der Waals surface area contributed by atoms with Crippen LogP contribution in [0.2, 0.25) is 0 Å². The Hall–Kier alpha value is -1.32. The zero-order chi connectivity index (χ0) is 10.7. The van der Waals surface area contributed by atoms with Crippen LogP contribution in [-0.2, 0) is 13.6 Å². The molecular weight excluding hydrogens is 178 g/mol. The summed E-state index contributed by atoms with van der Waals surface area (Å²) in [4.78, 5) is 11.8. The molecular formula is C10H18N3O+. The number of carbonyl (C=O) groups is 1. The van der Waals surface area contributed by atoms with E-state index in [4.69, 9.17) is 0 Å². The highest BCUT2D eigenvalue weighted by Gasteiger charge is 2.22. The van der Waals surface area contributed by atoms with Gasteiger partial charge in [-0.15, -0.1) is 0 Å². The maximum absolute atomic E-state index is 11.8. The molecule has 78 valence electrons. The standard InChI is InChI=1S/C10H17N3O/c1-5-13-7-6-12(4)10(13)9(14)11-8(2)3/h6-8H,5H2,1-4H3/p+1. The van der Waals surface area contributed by atoms with Gasteiger partial charge in [0, 0.05) is 6.04 Å². The highest BCUT2D eigenvalue weighted by Crippen LogP contribution is 1.95. The molecule has 1 aromatic rings. The molecule has 0 fully saturated rings. The van der Waals surface area contributed by atoms with E-state index in [9.17, 15) is 4.79 Å². The first-order valence-electron chi connectivity index (χ1n) is 4.91. The van der Waals surface area contributed by atoms with Crippen LogP contribution in [-0.4, -0.2) is 16.5 Å². The molecule has 1 heterocycles. The van der Waals surface area contributed by atoms with Crippen LogP contribution in [0, 0.1) is 0 Å². The highest BCUT2D eigenvalue weighted by molar-refractivity contribution is 5.89. The second kappa shape index (κ2) is 4.26. The van der Waals surface area contributed by atoms with Gasteiger partial charge in [0.1, 0.15) is 12.4 Å². The number of amides is 1. The minimum Gasteiger partial charge on any atom is -0.343 e. The molecule has 14 heavy (non-hydrogen) atoms. The van der Waals surface area contributed by atoms with E-state index in [0.29, 0.717) is 5.82 Å². The van der Waals surface area contributed by atoms with E-state index in [-0.39, 0.29) is 11.9 Å². The predicted octanol–water partition coefficient (Wildman–Crippen LogP) is 0.471. The summed E-state index contributed by atoms with van der Waals surface area (Å²) in [7, 11) is 1.88. The molecule has 0 aromatic carbocycles. The Morgan fingerprint density at radius 3 is 2.79 bits per heavy atom. The zero-order valence-electron chi connectivity index (χ0n) is 9.24. The monoisotopic (exact) mass is 196 g/mol. The average molecular weight is 196 g/mol. The molecule has 0 spiro atoms. The molecule has 4 nitrogen and oxygen atoms in total. The maximum Gasteiger partial charge on any atom is 0.347 e. The zero-order valence-corrected chi connectivity index (χ0v) is 9.24. The molecule has 0 saturated heterocycles. The molecule has 1 aromatic heterocycles. The lowest BCUT2D eigenvalue weighted by Gasteiger charge is -2.06. The quantitative estimate of drug-likeness (QED) is 0.701. The van der Waals surface area contributed by atoms with Crippen molar-refractivity contribution in [2.75, 3.05) is 0 Å². The van der Waals surface area contributed by atoms with Gasteiger partial charge in [-0.25, -0.2) is 9.13 Å². The third-order valence-electron chi connectivity index (χ3n) is 2.04. The first kappa shape index (κ1) is 10.8. The van der Waals surface area contributed by atoms with E-state index >= 15 is 0 Å². The number of aryl methyl sites for hydroxylation is 2. The molecule has 0 saturated carbocycles. The fourth-order valence-corrected chi connectivity index (χ4v) is 1.40. The van der Waals surface area contributed by atoms with Gasteiger partial charge < -0.3 is 5.32 Å². The van der Waals surface area contributed by atoms with Gasteiger partial charge in [-0.1, -0.05) is 0 Å². The van der Waals surface area contributed by atoms with Crippen molar-refractivity contribution >= 4 is 5.91 Å². The molecule has 1 N–H and O–H groups in total. The van der Waals surface area contributed by atoms with Crippen molar-refractivity contribution in [3.05, 3.63) is 18.2 Å². The smallest absolute Gasteiger partial charge is 0.343 e. The maximum atomic E-state index is 11.8. The van der Waals surface area contributed by atoms with Gasteiger partial charge in [0.05, 0.1) is 13.6 Å². The van der Waals surface area contributed by atoms with Crippen LogP contribution < -0.4 is 9.88 Å². The Morgan fingerprint density at radius 1 is 1.64 bits per heavy atom. The minimum absolute atomic E-state index is 0.0191. The lowest BCUT2D eigenvalue weighted by atomic mass is 10.4. The largest absolute Gasteiger partial charge is 0.347 e. The van der Waals surface area contributed by atoms with Gasteiger partial charge in [-0.05, 0) is 20.8 Å². The molecule has 0 bridgehead atoms. The fourth-order valence-electron chi connectivity index (χ4n) is 1.40. The molecule has 1 amide bonds. The van der Waals surface area contributed by atoms with Crippen LogP contribution in [0.25, 0.3) is 0 Å². The molecule has 0 atom stereocenters. The average Bonchev–Trinajstić information content (AvgIpc) is 2.45. The summed E-state index contributed by atoms with van der Waals surface area (Å²) in [5, 5.41) is 2.88. The first-order valence-corrected chi connectivity index (χ1v) is 4.91. The van der Waals surface area contributed by atoms with Crippen molar-refractivity contribution in [1.29, 1.82) is 0 Å². The number of carbonyl (C=O) groups excluding carboxylic acids is 1. The van der Waals surface area contributed by atoms with Crippen molar-refractivity contribution in [2.24, 2.45) is 7.05 Å². The van der Waals surface area contributed by atoms with Crippen molar-refractivity contribution in [1.82, 2.24) is 9.88 Å². The second-order valence-electron chi connectivity index (χ2n) is 3.65. The molecule has 4 heteroatoms. The Morgan fingerprint density at radius 2 is 2.29 bits per heavy atom. The van der Waals surface area contributed by atoms with Crippen molar-refractivity contribution in [2.45, 2.75) is 33.4 Å². The first-order chi connectivity index (χ1) is 6.56. The van der Waals surface area contributed by atoms with Gasteiger partial charge in [-0.2, -0.15) is 0 Å². The Bertz CT molecular complexity index is 328. The summed E-state index contributed by atoms with van der Waals surface area (Å²) >= 11 is 0. The molecule has 1 rings (SSSR count). The van der Waals surface area contributed by atoms with Gasteiger partial charge in [-0.3, -0.25) is 4.79 Å². The van der Waals surface area contributed by atoms with Gasteiger partial charge in [0.15, 0.2) is 0 Å². The number of aromatic nitrogens is 2. The number of imidazole rings is 1. The van der Waals surface area contributed by atoms with Crippen LogP contribution in [0.1, 0.15) is 31.4 Å². The second-order valence-corrected chi connectivity index (χ2v) is 3.65. The van der Waals surface area contributed by atoms with Crippen LogP contribution in [0.5, 0.6) is 0 Å². The van der Waals surface area contributed by atoms with Crippen molar-refractivity contribution in [3.63, 3.8) is 0 Å². The summed E-state index contributed by atoms with van der Waals surface area (Å²) in [6.07, 6.45) is 3.80. The number of rotatable bonds is 3. The summed E-state index contributed by atoms with van der Waals surface area (Å²) in [6.45, 7) is 6.74. The number of nitrogens with one attached hydrogen (secondary N) is 1. The lowest BCUT2D eigenvalue weighted by Crippen LogP contribution is -2.42. The summed E-state index contributed by atoms with van der Waals surface area (Å²) in [5.41, 5.74) is 0. The Balaban J connectivity index is 2.93. The van der Waals surface area contributed by atoms with E-state index in [1.54, 1.807) is 0 Å². The van der Waals surface area contributed by atoms with Crippen LogP contribution in [0.15, 0.2) is 12.4 Å². The summed E-state index contributed by atoms with van der Waals surface area (Å²) in [6, 6.07) is 0.169. The molecule has 0 aliphatic heterocycles. The SMILES string of the molecule is CCn1cc[n+](C)c1C(=O)NC(C)C.